The van der Waals surface area contributed by atoms with Crippen LogP contribution < -0.4 is 5.32 Å². The molecule has 1 N–H and O–H groups in total. The number of nitrogens with one attached hydrogen (secondary N) is 1. The van der Waals surface area contributed by atoms with Crippen LogP contribution in [-0.4, -0.2) is 16.5 Å². The fourth-order valence-electron chi connectivity index (χ4n) is 2.34. The number of rotatable bonds is 5. The van der Waals surface area contributed by atoms with E-state index in [0.717, 1.165) is 22.8 Å². The zero-order valence-corrected chi connectivity index (χ0v) is 14.0. The fourth-order valence-corrected chi connectivity index (χ4v) is 2.73. The highest BCUT2D eigenvalue weighted by atomic mass is 79.9. The number of anilines is 1. The molecule has 1 heterocycles. The third-order valence-corrected chi connectivity index (χ3v) is 4.15. The highest BCUT2D eigenvalue weighted by Crippen LogP contribution is 2.49. The lowest BCUT2D eigenvalue weighted by molar-refractivity contribution is 0.484. The molecule has 4 heteroatoms. The van der Waals surface area contributed by atoms with E-state index in [1.54, 1.807) is 0 Å². The predicted octanol–water partition coefficient (Wildman–Crippen LogP) is 4.53. The molecule has 1 aliphatic rings. The molecule has 0 bridgehead atoms. The molecule has 0 atom stereocenters. The van der Waals surface area contributed by atoms with Crippen LogP contribution in [0, 0.1) is 5.41 Å². The van der Waals surface area contributed by atoms with Crippen LogP contribution in [0.4, 0.5) is 5.82 Å². The highest BCUT2D eigenvalue weighted by molar-refractivity contribution is 9.10. The van der Waals surface area contributed by atoms with Gasteiger partial charge in [0.25, 0.3) is 0 Å². The first-order chi connectivity index (χ1) is 8.85. The van der Waals surface area contributed by atoms with Gasteiger partial charge in [-0.2, -0.15) is 0 Å². The van der Waals surface area contributed by atoms with Gasteiger partial charge in [-0.05, 0) is 40.6 Å². The van der Waals surface area contributed by atoms with Gasteiger partial charge in [-0.15, -0.1) is 0 Å². The van der Waals surface area contributed by atoms with Gasteiger partial charge < -0.3 is 5.32 Å². The Hall–Kier alpha value is -0.640. The summed E-state index contributed by atoms with van der Waals surface area (Å²) in [5, 5.41) is 3.50. The average Bonchev–Trinajstić information content (AvgIpc) is 3.06. The van der Waals surface area contributed by atoms with Crippen molar-refractivity contribution >= 4 is 21.7 Å². The van der Waals surface area contributed by atoms with Crippen molar-refractivity contribution in [2.45, 2.75) is 58.8 Å². The summed E-state index contributed by atoms with van der Waals surface area (Å²) >= 11 is 3.48. The SMILES string of the molecule is CCCC1(CNc2cc(Br)nc(C(C)(C)C)n2)CC1. The smallest absolute Gasteiger partial charge is 0.137 e. The topological polar surface area (TPSA) is 37.8 Å². The van der Waals surface area contributed by atoms with E-state index in [1.165, 1.54) is 25.7 Å². The maximum absolute atomic E-state index is 4.64. The molecule has 0 unspecified atom stereocenters. The van der Waals surface area contributed by atoms with Gasteiger partial charge in [0.1, 0.15) is 16.2 Å². The van der Waals surface area contributed by atoms with Crippen LogP contribution >= 0.6 is 15.9 Å². The summed E-state index contributed by atoms with van der Waals surface area (Å²) in [7, 11) is 0. The van der Waals surface area contributed by atoms with Gasteiger partial charge in [-0.3, -0.25) is 0 Å². The largest absolute Gasteiger partial charge is 0.369 e. The molecular weight excluding hydrogens is 302 g/mol. The Labute approximate surface area is 124 Å². The van der Waals surface area contributed by atoms with E-state index in [2.05, 4.69) is 58.9 Å². The minimum absolute atomic E-state index is 0.0269. The third kappa shape index (κ3) is 3.91. The maximum atomic E-state index is 4.64. The van der Waals surface area contributed by atoms with Crippen molar-refractivity contribution in [1.29, 1.82) is 0 Å². The van der Waals surface area contributed by atoms with Crippen molar-refractivity contribution in [3.8, 4) is 0 Å². The lowest BCUT2D eigenvalue weighted by atomic mass is 9.96. The Morgan fingerprint density at radius 1 is 1.32 bits per heavy atom. The minimum atomic E-state index is -0.0269. The molecule has 0 saturated heterocycles. The normalized spacial score (nSPS) is 17.3. The van der Waals surface area contributed by atoms with E-state index in [-0.39, 0.29) is 5.41 Å². The van der Waals surface area contributed by atoms with Crippen molar-refractivity contribution in [2.75, 3.05) is 11.9 Å². The maximum Gasteiger partial charge on any atom is 0.137 e. The van der Waals surface area contributed by atoms with Crippen LogP contribution in [0.25, 0.3) is 0 Å². The molecule has 1 aromatic rings. The number of nitrogens with zero attached hydrogens (tertiary/aromatic N) is 2. The molecule has 0 aromatic carbocycles. The van der Waals surface area contributed by atoms with Gasteiger partial charge in [-0.25, -0.2) is 9.97 Å². The number of hydrogen-bond acceptors (Lipinski definition) is 3. The van der Waals surface area contributed by atoms with Crippen LogP contribution in [0.15, 0.2) is 10.7 Å². The minimum Gasteiger partial charge on any atom is -0.369 e. The molecule has 2 rings (SSSR count). The Bertz CT molecular complexity index is 447. The van der Waals surface area contributed by atoms with Gasteiger partial charge in [0.15, 0.2) is 0 Å². The zero-order valence-electron chi connectivity index (χ0n) is 12.4. The van der Waals surface area contributed by atoms with E-state index in [1.807, 2.05) is 6.07 Å². The van der Waals surface area contributed by atoms with Gasteiger partial charge in [0, 0.05) is 18.0 Å². The van der Waals surface area contributed by atoms with Gasteiger partial charge in [0.05, 0.1) is 0 Å². The van der Waals surface area contributed by atoms with Crippen LogP contribution in [0.5, 0.6) is 0 Å². The van der Waals surface area contributed by atoms with E-state index in [0.29, 0.717) is 5.41 Å². The first kappa shape index (κ1) is 14.8. The molecule has 3 nitrogen and oxygen atoms in total. The number of halogens is 1. The van der Waals surface area contributed by atoms with E-state index < -0.39 is 0 Å². The molecule has 1 aliphatic carbocycles. The molecular formula is C15H24BrN3. The van der Waals surface area contributed by atoms with E-state index >= 15 is 0 Å². The lowest BCUT2D eigenvalue weighted by Gasteiger charge is -2.19. The molecule has 1 aromatic heterocycles. The first-order valence-corrected chi connectivity index (χ1v) is 7.93. The summed E-state index contributed by atoms with van der Waals surface area (Å²) in [4.78, 5) is 9.11. The van der Waals surface area contributed by atoms with Crippen LogP contribution in [0.2, 0.25) is 0 Å². The van der Waals surface area contributed by atoms with E-state index in [9.17, 15) is 0 Å². The molecule has 19 heavy (non-hydrogen) atoms. The van der Waals surface area contributed by atoms with Crippen LogP contribution in [-0.2, 0) is 5.41 Å². The molecule has 0 aliphatic heterocycles. The summed E-state index contributed by atoms with van der Waals surface area (Å²) in [5.41, 5.74) is 0.509. The summed E-state index contributed by atoms with van der Waals surface area (Å²) in [6.07, 6.45) is 5.29. The average molecular weight is 326 g/mol. The first-order valence-electron chi connectivity index (χ1n) is 7.14. The summed E-state index contributed by atoms with van der Waals surface area (Å²) in [5.74, 6) is 1.82. The summed E-state index contributed by atoms with van der Waals surface area (Å²) in [6.45, 7) is 9.71. The molecule has 1 saturated carbocycles. The van der Waals surface area contributed by atoms with Gasteiger partial charge in [0.2, 0.25) is 0 Å². The molecule has 0 amide bonds. The molecule has 1 fully saturated rings. The second kappa shape index (κ2) is 5.39. The Morgan fingerprint density at radius 3 is 2.53 bits per heavy atom. The molecule has 0 radical (unpaired) electrons. The van der Waals surface area contributed by atoms with Crippen LogP contribution in [0.3, 0.4) is 0 Å². The van der Waals surface area contributed by atoms with Crippen LogP contribution in [0.1, 0.15) is 59.2 Å². The monoisotopic (exact) mass is 325 g/mol. The Morgan fingerprint density at radius 2 is 2.00 bits per heavy atom. The molecule has 106 valence electrons. The summed E-state index contributed by atoms with van der Waals surface area (Å²) < 4.78 is 0.857. The van der Waals surface area contributed by atoms with Crippen molar-refractivity contribution in [3.63, 3.8) is 0 Å². The lowest BCUT2D eigenvalue weighted by Crippen LogP contribution is -2.20. The van der Waals surface area contributed by atoms with Crippen molar-refractivity contribution < 1.29 is 0 Å². The Balaban J connectivity index is 2.06. The van der Waals surface area contributed by atoms with Crippen molar-refractivity contribution in [3.05, 3.63) is 16.5 Å². The fraction of sp³-hybridized carbons (Fsp3) is 0.733. The number of aromatic nitrogens is 2. The van der Waals surface area contributed by atoms with Gasteiger partial charge in [-0.1, -0.05) is 34.1 Å². The third-order valence-electron chi connectivity index (χ3n) is 3.75. The number of hydrogen-bond donors (Lipinski definition) is 1. The zero-order chi connectivity index (χ0) is 14.1. The highest BCUT2D eigenvalue weighted by Gasteiger charge is 2.41. The summed E-state index contributed by atoms with van der Waals surface area (Å²) in [6, 6.07) is 1.97. The van der Waals surface area contributed by atoms with Crippen molar-refractivity contribution in [1.82, 2.24) is 9.97 Å². The Kier molecular flexibility index (Phi) is 4.19. The quantitative estimate of drug-likeness (QED) is 0.808. The second-order valence-corrected chi connectivity index (χ2v) is 7.57. The standard InChI is InChI=1S/C15H24BrN3/c1-5-6-15(7-8-15)10-17-12-9-11(16)18-13(19-12)14(2,3)4/h9H,5-8,10H2,1-4H3,(H,17,18,19). The predicted molar refractivity (Wildman–Crippen MR) is 83.5 cm³/mol. The van der Waals surface area contributed by atoms with Crippen molar-refractivity contribution in [2.24, 2.45) is 5.41 Å². The van der Waals surface area contributed by atoms with Gasteiger partial charge >= 0.3 is 0 Å². The van der Waals surface area contributed by atoms with E-state index in [4.69, 9.17) is 0 Å². The molecule has 0 spiro atoms. The second-order valence-electron chi connectivity index (χ2n) is 6.75.